The van der Waals surface area contributed by atoms with Crippen LogP contribution < -0.4 is 5.32 Å². The summed E-state index contributed by atoms with van der Waals surface area (Å²) < 4.78 is 0. The van der Waals surface area contributed by atoms with Gasteiger partial charge in [0.2, 0.25) is 5.91 Å². The van der Waals surface area contributed by atoms with Gasteiger partial charge in [-0.05, 0) is 29.8 Å². The molecule has 0 unspecified atom stereocenters. The van der Waals surface area contributed by atoms with Gasteiger partial charge in [-0.1, -0.05) is 12.1 Å². The van der Waals surface area contributed by atoms with E-state index in [0.29, 0.717) is 12.8 Å². The van der Waals surface area contributed by atoms with Crippen LogP contribution in [0.5, 0.6) is 0 Å². The van der Waals surface area contributed by atoms with Gasteiger partial charge in [0.1, 0.15) is 0 Å². The van der Waals surface area contributed by atoms with Crippen molar-refractivity contribution in [3.8, 4) is 0 Å². The maximum absolute atomic E-state index is 11.9. The molecular formula is C14H15NO2S2. The Balaban J connectivity index is 1.79. The summed E-state index contributed by atoms with van der Waals surface area (Å²) in [6, 6.07) is 7.40. The molecule has 1 amide bonds. The van der Waals surface area contributed by atoms with E-state index in [-0.39, 0.29) is 17.7 Å². The fourth-order valence-electron chi connectivity index (χ4n) is 1.76. The van der Waals surface area contributed by atoms with Crippen molar-refractivity contribution < 1.29 is 9.59 Å². The SMILES string of the molecule is C[C@H](CC(=O)c1cccs1)NC(=O)Cc1cccs1. The lowest BCUT2D eigenvalue weighted by atomic mass is 10.1. The van der Waals surface area contributed by atoms with Crippen LogP contribution in [0.2, 0.25) is 0 Å². The minimum atomic E-state index is -0.137. The largest absolute Gasteiger partial charge is 0.353 e. The van der Waals surface area contributed by atoms with E-state index in [2.05, 4.69) is 5.32 Å². The monoisotopic (exact) mass is 293 g/mol. The lowest BCUT2D eigenvalue weighted by molar-refractivity contribution is -0.120. The number of nitrogens with one attached hydrogen (secondary N) is 1. The molecular weight excluding hydrogens is 278 g/mol. The smallest absolute Gasteiger partial charge is 0.225 e. The average molecular weight is 293 g/mol. The van der Waals surface area contributed by atoms with Crippen LogP contribution in [0.3, 0.4) is 0 Å². The number of amides is 1. The molecule has 0 aliphatic rings. The van der Waals surface area contributed by atoms with Crippen molar-refractivity contribution >= 4 is 34.4 Å². The molecule has 0 aliphatic heterocycles. The number of hydrogen-bond acceptors (Lipinski definition) is 4. The van der Waals surface area contributed by atoms with Gasteiger partial charge >= 0.3 is 0 Å². The molecule has 1 atom stereocenters. The van der Waals surface area contributed by atoms with Gasteiger partial charge in [0.25, 0.3) is 0 Å². The summed E-state index contributed by atoms with van der Waals surface area (Å²) in [4.78, 5) is 25.4. The van der Waals surface area contributed by atoms with Crippen LogP contribution in [-0.2, 0) is 11.2 Å². The molecule has 0 bridgehead atoms. The van der Waals surface area contributed by atoms with Crippen molar-refractivity contribution in [3.63, 3.8) is 0 Å². The first-order valence-corrected chi connectivity index (χ1v) is 7.79. The predicted octanol–water partition coefficient (Wildman–Crippen LogP) is 3.13. The Hall–Kier alpha value is -1.46. The first-order valence-electron chi connectivity index (χ1n) is 6.03. The van der Waals surface area contributed by atoms with E-state index in [9.17, 15) is 9.59 Å². The number of rotatable bonds is 6. The highest BCUT2D eigenvalue weighted by atomic mass is 32.1. The van der Waals surface area contributed by atoms with Gasteiger partial charge in [0.05, 0.1) is 11.3 Å². The maximum atomic E-state index is 11.9. The number of Topliss-reactive ketones (excluding diaryl/α,β-unsaturated/α-hetero) is 1. The summed E-state index contributed by atoms with van der Waals surface area (Å²) in [7, 11) is 0. The molecule has 3 nitrogen and oxygen atoms in total. The highest BCUT2D eigenvalue weighted by Gasteiger charge is 2.14. The normalized spacial score (nSPS) is 12.1. The van der Waals surface area contributed by atoms with Gasteiger partial charge in [-0.15, -0.1) is 22.7 Å². The second kappa shape index (κ2) is 6.63. The summed E-state index contributed by atoms with van der Waals surface area (Å²) in [6.45, 7) is 1.86. The molecule has 0 saturated carbocycles. The molecule has 0 spiro atoms. The quantitative estimate of drug-likeness (QED) is 0.832. The molecule has 2 rings (SSSR count). The molecule has 2 heterocycles. The van der Waals surface area contributed by atoms with E-state index < -0.39 is 0 Å². The predicted molar refractivity (Wildman–Crippen MR) is 78.9 cm³/mol. The van der Waals surface area contributed by atoms with Gasteiger partial charge in [-0.2, -0.15) is 0 Å². The number of ketones is 1. The highest BCUT2D eigenvalue weighted by molar-refractivity contribution is 7.12. The van der Waals surface area contributed by atoms with E-state index in [1.165, 1.54) is 11.3 Å². The molecule has 0 radical (unpaired) electrons. The van der Waals surface area contributed by atoms with Crippen LogP contribution in [0.25, 0.3) is 0 Å². The molecule has 0 fully saturated rings. The summed E-state index contributed by atoms with van der Waals surface area (Å²) in [6.07, 6.45) is 0.728. The van der Waals surface area contributed by atoms with E-state index >= 15 is 0 Å². The van der Waals surface area contributed by atoms with Crippen LogP contribution in [0.1, 0.15) is 27.9 Å². The highest BCUT2D eigenvalue weighted by Crippen LogP contribution is 2.13. The lowest BCUT2D eigenvalue weighted by Crippen LogP contribution is -2.35. The third-order valence-corrected chi connectivity index (χ3v) is 4.40. The Morgan fingerprint density at radius 2 is 1.95 bits per heavy atom. The van der Waals surface area contributed by atoms with E-state index in [0.717, 1.165) is 9.75 Å². The van der Waals surface area contributed by atoms with Crippen LogP contribution in [0.4, 0.5) is 0 Å². The van der Waals surface area contributed by atoms with Crippen molar-refractivity contribution in [1.29, 1.82) is 0 Å². The standard InChI is InChI=1S/C14H15NO2S2/c1-10(8-12(16)13-5-3-7-19-13)15-14(17)9-11-4-2-6-18-11/h2-7,10H,8-9H2,1H3,(H,15,17)/t10-/m1/s1. The van der Waals surface area contributed by atoms with Gasteiger partial charge in [-0.3, -0.25) is 9.59 Å². The summed E-state index contributed by atoms with van der Waals surface area (Å²) in [5.74, 6) is 0.0489. The lowest BCUT2D eigenvalue weighted by Gasteiger charge is -2.12. The first-order chi connectivity index (χ1) is 9.15. The van der Waals surface area contributed by atoms with Crippen molar-refractivity contribution in [1.82, 2.24) is 5.32 Å². The van der Waals surface area contributed by atoms with Gasteiger partial charge in [0, 0.05) is 17.3 Å². The van der Waals surface area contributed by atoms with Crippen LogP contribution >= 0.6 is 22.7 Å². The molecule has 2 aromatic heterocycles. The Morgan fingerprint density at radius 1 is 1.21 bits per heavy atom. The molecule has 5 heteroatoms. The van der Waals surface area contributed by atoms with Crippen molar-refractivity contribution in [3.05, 3.63) is 44.8 Å². The topological polar surface area (TPSA) is 46.2 Å². The van der Waals surface area contributed by atoms with Gasteiger partial charge in [-0.25, -0.2) is 0 Å². The minimum absolute atomic E-state index is 0.0334. The zero-order valence-corrected chi connectivity index (χ0v) is 12.2. The summed E-state index contributed by atoms with van der Waals surface area (Å²) >= 11 is 3.00. The Labute approximate surface area is 120 Å². The summed E-state index contributed by atoms with van der Waals surface area (Å²) in [5, 5.41) is 6.70. The number of thiophene rings is 2. The van der Waals surface area contributed by atoms with Gasteiger partial charge < -0.3 is 5.32 Å². The zero-order valence-electron chi connectivity index (χ0n) is 10.6. The summed E-state index contributed by atoms with van der Waals surface area (Å²) in [5.41, 5.74) is 0. The number of carbonyl (C=O) groups excluding carboxylic acids is 2. The Bertz CT molecular complexity index is 532. The van der Waals surface area contributed by atoms with Crippen molar-refractivity contribution in [2.45, 2.75) is 25.8 Å². The zero-order chi connectivity index (χ0) is 13.7. The average Bonchev–Trinajstić information content (AvgIpc) is 3.00. The third kappa shape index (κ3) is 4.29. The van der Waals surface area contributed by atoms with Crippen molar-refractivity contribution in [2.24, 2.45) is 0 Å². The van der Waals surface area contributed by atoms with E-state index in [4.69, 9.17) is 0 Å². The van der Waals surface area contributed by atoms with Gasteiger partial charge in [0.15, 0.2) is 5.78 Å². The van der Waals surface area contributed by atoms with Crippen molar-refractivity contribution in [2.75, 3.05) is 0 Å². The van der Waals surface area contributed by atoms with Crippen LogP contribution in [0, 0.1) is 0 Å². The van der Waals surface area contributed by atoms with Crippen LogP contribution in [0.15, 0.2) is 35.0 Å². The maximum Gasteiger partial charge on any atom is 0.225 e. The fourth-order valence-corrected chi connectivity index (χ4v) is 3.14. The third-order valence-electron chi connectivity index (χ3n) is 2.61. The fraction of sp³-hybridized carbons (Fsp3) is 0.286. The minimum Gasteiger partial charge on any atom is -0.353 e. The number of carbonyl (C=O) groups is 2. The molecule has 0 saturated heterocycles. The molecule has 1 N–H and O–H groups in total. The molecule has 0 aromatic carbocycles. The molecule has 19 heavy (non-hydrogen) atoms. The molecule has 100 valence electrons. The second-order valence-corrected chi connectivity index (χ2v) is 6.31. The second-order valence-electron chi connectivity index (χ2n) is 4.33. The van der Waals surface area contributed by atoms with E-state index in [1.807, 2.05) is 41.9 Å². The number of hydrogen-bond donors (Lipinski definition) is 1. The Morgan fingerprint density at radius 3 is 2.58 bits per heavy atom. The molecule has 0 aliphatic carbocycles. The van der Waals surface area contributed by atoms with E-state index in [1.54, 1.807) is 11.3 Å². The first kappa shape index (κ1) is 14.0. The Kier molecular flexibility index (Phi) is 4.87. The molecule has 2 aromatic rings. The van der Waals surface area contributed by atoms with Crippen LogP contribution in [-0.4, -0.2) is 17.7 Å².